The lowest BCUT2D eigenvalue weighted by Gasteiger charge is -2.19. The third-order valence-corrected chi connectivity index (χ3v) is 3.61. The quantitative estimate of drug-likeness (QED) is 0.568. The van der Waals surface area contributed by atoms with Gasteiger partial charge in [0.2, 0.25) is 0 Å². The molecule has 3 aromatic rings. The molecule has 0 aliphatic rings. The fourth-order valence-corrected chi connectivity index (χ4v) is 2.16. The maximum absolute atomic E-state index is 12.8. The molecule has 3 aromatic heterocycles. The third-order valence-electron chi connectivity index (χ3n) is 3.61. The molecule has 0 aliphatic carbocycles. The fourth-order valence-electron chi connectivity index (χ4n) is 2.16. The molecule has 3 rings (SSSR count). The van der Waals surface area contributed by atoms with E-state index < -0.39 is 30.4 Å². The predicted molar refractivity (Wildman–Crippen MR) is 79.9 cm³/mol. The van der Waals surface area contributed by atoms with Crippen LogP contribution < -0.4 is 4.74 Å². The number of halogens is 8. The zero-order valence-electron chi connectivity index (χ0n) is 13.5. The standard InChI is InChI=1S/C16H9F8N3O/c17-14(18,16(22,23)24)8-28-10-2-3-11(25-5-10)12-7-27-6-9(15(19,20)21)1-4-13(27)26-12/h1-7H,8H2. The molecule has 0 saturated carbocycles. The lowest BCUT2D eigenvalue weighted by atomic mass is 10.3. The summed E-state index contributed by atoms with van der Waals surface area (Å²) < 4.78 is 106. The zero-order valence-corrected chi connectivity index (χ0v) is 13.5. The Morgan fingerprint density at radius 3 is 2.14 bits per heavy atom. The Hall–Kier alpha value is -2.92. The van der Waals surface area contributed by atoms with Gasteiger partial charge in [0.05, 0.1) is 17.5 Å². The number of alkyl halides is 8. The summed E-state index contributed by atoms with van der Waals surface area (Å²) in [6, 6.07) is 4.34. The molecule has 0 aromatic carbocycles. The summed E-state index contributed by atoms with van der Waals surface area (Å²) in [6.45, 7) is -1.91. The SMILES string of the molecule is FC(F)(F)c1ccc2nc(-c3ccc(OCC(F)(F)C(F)(F)F)cn3)cn2c1. The van der Waals surface area contributed by atoms with E-state index in [-0.39, 0.29) is 22.8 Å². The molecule has 0 N–H and O–H groups in total. The van der Waals surface area contributed by atoms with Crippen LogP contribution in [0.1, 0.15) is 5.56 Å². The van der Waals surface area contributed by atoms with Gasteiger partial charge in [-0.2, -0.15) is 35.1 Å². The van der Waals surface area contributed by atoms with Gasteiger partial charge in [0.15, 0.2) is 6.61 Å². The van der Waals surface area contributed by atoms with E-state index in [2.05, 4.69) is 14.7 Å². The number of fused-ring (bicyclic) bond motifs is 1. The molecule has 0 aliphatic heterocycles. The molecule has 0 atom stereocenters. The van der Waals surface area contributed by atoms with Crippen molar-refractivity contribution in [3.05, 3.63) is 48.4 Å². The van der Waals surface area contributed by atoms with Gasteiger partial charge in [0.1, 0.15) is 17.1 Å². The van der Waals surface area contributed by atoms with Crippen molar-refractivity contribution in [1.29, 1.82) is 0 Å². The first kappa shape index (κ1) is 19.8. The Labute approximate surface area is 151 Å². The van der Waals surface area contributed by atoms with E-state index in [1.54, 1.807) is 0 Å². The number of pyridine rings is 2. The highest BCUT2D eigenvalue weighted by Crippen LogP contribution is 2.36. The van der Waals surface area contributed by atoms with Gasteiger partial charge in [-0.05, 0) is 24.3 Å². The van der Waals surface area contributed by atoms with Crippen LogP contribution >= 0.6 is 0 Å². The van der Waals surface area contributed by atoms with Crippen molar-refractivity contribution in [1.82, 2.24) is 14.4 Å². The number of rotatable bonds is 4. The van der Waals surface area contributed by atoms with Crippen molar-refractivity contribution in [2.45, 2.75) is 18.3 Å². The molecule has 0 saturated heterocycles. The van der Waals surface area contributed by atoms with E-state index in [4.69, 9.17) is 0 Å². The van der Waals surface area contributed by atoms with E-state index in [1.165, 1.54) is 12.3 Å². The summed E-state index contributed by atoms with van der Waals surface area (Å²) in [5.41, 5.74) is -0.347. The van der Waals surface area contributed by atoms with Gasteiger partial charge in [0.25, 0.3) is 0 Å². The number of ether oxygens (including phenoxy) is 1. The summed E-state index contributed by atoms with van der Waals surface area (Å²) in [5.74, 6) is -5.36. The van der Waals surface area contributed by atoms with Crippen LogP contribution in [0.15, 0.2) is 42.9 Å². The maximum atomic E-state index is 12.8. The molecule has 28 heavy (non-hydrogen) atoms. The maximum Gasteiger partial charge on any atom is 0.456 e. The molecular formula is C16H9F8N3O. The molecule has 3 heterocycles. The summed E-state index contributed by atoms with van der Waals surface area (Å²) in [4.78, 5) is 7.91. The zero-order chi connectivity index (χ0) is 20.7. The lowest BCUT2D eigenvalue weighted by Crippen LogP contribution is -2.41. The van der Waals surface area contributed by atoms with E-state index in [1.807, 2.05) is 0 Å². The number of hydrogen-bond acceptors (Lipinski definition) is 3. The van der Waals surface area contributed by atoms with Crippen molar-refractivity contribution in [3.8, 4) is 17.1 Å². The molecule has 0 unspecified atom stereocenters. The van der Waals surface area contributed by atoms with Gasteiger partial charge >= 0.3 is 18.3 Å². The molecule has 4 nitrogen and oxygen atoms in total. The predicted octanol–water partition coefficient (Wildman–Crippen LogP) is 4.99. The minimum atomic E-state index is -5.74. The van der Waals surface area contributed by atoms with E-state index >= 15 is 0 Å². The Kier molecular flexibility index (Phi) is 4.68. The second kappa shape index (κ2) is 6.60. The average Bonchev–Trinajstić information content (AvgIpc) is 3.02. The largest absolute Gasteiger partial charge is 0.485 e. The highest BCUT2D eigenvalue weighted by atomic mass is 19.4. The Morgan fingerprint density at radius 1 is 0.857 bits per heavy atom. The van der Waals surface area contributed by atoms with Gasteiger partial charge in [-0.15, -0.1) is 0 Å². The monoisotopic (exact) mass is 411 g/mol. The summed E-state index contributed by atoms with van der Waals surface area (Å²) in [6.07, 6.45) is -7.26. The first-order valence-corrected chi connectivity index (χ1v) is 7.46. The minimum Gasteiger partial charge on any atom is -0.485 e. The van der Waals surface area contributed by atoms with Crippen LogP contribution in [0.3, 0.4) is 0 Å². The Bertz CT molecular complexity index is 976. The van der Waals surface area contributed by atoms with Gasteiger partial charge < -0.3 is 9.14 Å². The Morgan fingerprint density at radius 2 is 1.57 bits per heavy atom. The molecule has 150 valence electrons. The molecule has 0 amide bonds. The number of aromatic nitrogens is 3. The molecule has 0 radical (unpaired) electrons. The van der Waals surface area contributed by atoms with Gasteiger partial charge in [0, 0.05) is 12.4 Å². The number of nitrogens with zero attached hydrogens (tertiary/aromatic N) is 3. The smallest absolute Gasteiger partial charge is 0.456 e. The van der Waals surface area contributed by atoms with Crippen LogP contribution in [0.4, 0.5) is 35.1 Å². The molecular weight excluding hydrogens is 402 g/mol. The topological polar surface area (TPSA) is 39.4 Å². The highest BCUT2D eigenvalue weighted by Gasteiger charge is 2.58. The average molecular weight is 411 g/mol. The van der Waals surface area contributed by atoms with Crippen molar-refractivity contribution in [3.63, 3.8) is 0 Å². The Balaban J connectivity index is 1.78. The normalized spacial score (nSPS) is 13.1. The summed E-state index contributed by atoms with van der Waals surface area (Å²) in [5, 5.41) is 0. The molecule has 12 heteroatoms. The van der Waals surface area contributed by atoms with Crippen LogP contribution in [-0.2, 0) is 6.18 Å². The van der Waals surface area contributed by atoms with E-state index in [0.717, 1.165) is 35.0 Å². The number of hydrogen-bond donors (Lipinski definition) is 0. The second-order valence-electron chi connectivity index (χ2n) is 5.68. The van der Waals surface area contributed by atoms with Crippen LogP contribution in [0.25, 0.3) is 17.0 Å². The third kappa shape index (κ3) is 3.99. The van der Waals surface area contributed by atoms with Gasteiger partial charge in [-0.3, -0.25) is 4.98 Å². The first-order chi connectivity index (χ1) is 12.9. The molecule has 0 bridgehead atoms. The van der Waals surface area contributed by atoms with Gasteiger partial charge in [-0.25, -0.2) is 4.98 Å². The van der Waals surface area contributed by atoms with Crippen LogP contribution in [0.2, 0.25) is 0 Å². The van der Waals surface area contributed by atoms with E-state index in [9.17, 15) is 35.1 Å². The number of imidazole rings is 1. The van der Waals surface area contributed by atoms with E-state index in [0.29, 0.717) is 0 Å². The summed E-state index contributed by atoms with van der Waals surface area (Å²) >= 11 is 0. The molecule has 0 spiro atoms. The van der Waals surface area contributed by atoms with Crippen LogP contribution in [0, 0.1) is 0 Å². The lowest BCUT2D eigenvalue weighted by molar-refractivity contribution is -0.290. The van der Waals surface area contributed by atoms with Crippen molar-refractivity contribution >= 4 is 5.65 Å². The van der Waals surface area contributed by atoms with Crippen molar-refractivity contribution in [2.24, 2.45) is 0 Å². The second-order valence-corrected chi connectivity index (χ2v) is 5.68. The van der Waals surface area contributed by atoms with Gasteiger partial charge in [-0.1, -0.05) is 0 Å². The first-order valence-electron chi connectivity index (χ1n) is 7.46. The van der Waals surface area contributed by atoms with Crippen LogP contribution in [-0.4, -0.2) is 33.1 Å². The fraction of sp³-hybridized carbons (Fsp3) is 0.250. The van der Waals surface area contributed by atoms with Crippen molar-refractivity contribution in [2.75, 3.05) is 6.61 Å². The minimum absolute atomic E-state index is 0.159. The molecule has 0 fully saturated rings. The highest BCUT2D eigenvalue weighted by molar-refractivity contribution is 5.59. The van der Waals surface area contributed by atoms with Crippen molar-refractivity contribution < 1.29 is 39.9 Å². The van der Waals surface area contributed by atoms with Crippen LogP contribution in [0.5, 0.6) is 5.75 Å². The summed E-state index contributed by atoms with van der Waals surface area (Å²) in [7, 11) is 0.